The lowest BCUT2D eigenvalue weighted by Crippen LogP contribution is -2.43. The average molecular weight is 290 g/mol. The van der Waals surface area contributed by atoms with Gasteiger partial charge in [0.2, 0.25) is 0 Å². The predicted molar refractivity (Wildman–Crippen MR) is 71.5 cm³/mol. The summed E-state index contributed by atoms with van der Waals surface area (Å²) < 4.78 is 10.5. The van der Waals surface area contributed by atoms with E-state index < -0.39 is 6.17 Å². The normalized spacial score (nSPS) is 19.7. The zero-order valence-electron chi connectivity index (χ0n) is 11.8. The van der Waals surface area contributed by atoms with Crippen LogP contribution in [0.4, 0.5) is 0 Å². The summed E-state index contributed by atoms with van der Waals surface area (Å²) in [4.78, 5) is 31.0. The molecule has 2 aliphatic heterocycles. The molecule has 2 aliphatic rings. The van der Waals surface area contributed by atoms with Crippen LogP contribution in [-0.4, -0.2) is 43.1 Å². The quantitative estimate of drug-likeness (QED) is 0.833. The monoisotopic (exact) mass is 290 g/mol. The zero-order chi connectivity index (χ0) is 15.1. The highest BCUT2D eigenvalue weighted by molar-refractivity contribution is 6.05. The molecule has 0 radical (unpaired) electrons. The summed E-state index contributed by atoms with van der Waals surface area (Å²) in [5.41, 5.74) is 1.01. The van der Waals surface area contributed by atoms with Gasteiger partial charge in [0.05, 0.1) is 26.9 Å². The van der Waals surface area contributed by atoms with Crippen LogP contribution in [0.15, 0.2) is 24.4 Å². The smallest absolute Gasteiger partial charge is 0.273 e. The molecule has 0 fully saturated rings. The minimum Gasteiger partial charge on any atom is -0.493 e. The van der Waals surface area contributed by atoms with E-state index in [2.05, 4.69) is 0 Å². The molecule has 2 heterocycles. The fourth-order valence-corrected chi connectivity index (χ4v) is 2.68. The van der Waals surface area contributed by atoms with Crippen molar-refractivity contribution in [2.75, 3.05) is 21.3 Å². The summed E-state index contributed by atoms with van der Waals surface area (Å²) in [5, 5.41) is 1.15. The number of fused-ring (bicyclic) bond motifs is 3. The average Bonchev–Trinajstić information content (AvgIpc) is 2.79. The number of hydrogen-bond donors (Lipinski definition) is 0. The van der Waals surface area contributed by atoms with E-state index in [1.165, 1.54) is 38.5 Å². The number of ether oxygens (including phenoxy) is 2. The van der Waals surface area contributed by atoms with Gasteiger partial charge in [0.15, 0.2) is 17.7 Å². The number of benzene rings is 1. The fraction of sp³-hybridized carbons (Fsp3) is 0.286. The van der Waals surface area contributed by atoms with Crippen molar-refractivity contribution in [1.82, 2.24) is 9.96 Å². The Hall–Kier alpha value is -2.54. The van der Waals surface area contributed by atoms with Gasteiger partial charge in [-0.15, -0.1) is 0 Å². The van der Waals surface area contributed by atoms with Crippen LogP contribution in [0.5, 0.6) is 11.5 Å². The molecule has 7 nitrogen and oxygen atoms in total. The second-order valence-electron chi connectivity index (χ2n) is 4.51. The number of hydrogen-bond acceptors (Lipinski definition) is 5. The van der Waals surface area contributed by atoms with Gasteiger partial charge >= 0.3 is 0 Å². The highest BCUT2D eigenvalue weighted by Gasteiger charge is 2.46. The first-order valence-corrected chi connectivity index (χ1v) is 6.27. The summed E-state index contributed by atoms with van der Waals surface area (Å²) in [6, 6.07) is 3.43. The van der Waals surface area contributed by atoms with Crippen molar-refractivity contribution in [3.63, 3.8) is 0 Å². The van der Waals surface area contributed by atoms with Gasteiger partial charge < -0.3 is 9.47 Å². The van der Waals surface area contributed by atoms with Crippen molar-refractivity contribution in [2.45, 2.75) is 6.17 Å². The van der Waals surface area contributed by atoms with E-state index in [1.807, 2.05) is 0 Å². The Kier molecular flexibility index (Phi) is 3.06. The van der Waals surface area contributed by atoms with E-state index in [1.54, 1.807) is 12.1 Å². The van der Waals surface area contributed by atoms with E-state index in [0.29, 0.717) is 22.6 Å². The zero-order valence-corrected chi connectivity index (χ0v) is 11.8. The number of nitrogens with zero attached hydrogens (tertiary/aromatic N) is 2. The molecule has 0 N–H and O–H groups in total. The van der Waals surface area contributed by atoms with Gasteiger partial charge in [0.1, 0.15) is 0 Å². The molecule has 7 heteroatoms. The lowest BCUT2D eigenvalue weighted by molar-refractivity contribution is -0.198. The van der Waals surface area contributed by atoms with Crippen LogP contribution in [-0.2, 0) is 9.63 Å². The molecular formula is C14H14N2O5. The topological polar surface area (TPSA) is 68.3 Å². The first-order chi connectivity index (χ1) is 10.1. The van der Waals surface area contributed by atoms with Gasteiger partial charge in [-0.05, 0) is 6.07 Å². The molecular weight excluding hydrogens is 276 g/mol. The second kappa shape index (κ2) is 4.78. The second-order valence-corrected chi connectivity index (χ2v) is 4.51. The molecule has 0 spiro atoms. The Balaban J connectivity index is 2.21. The van der Waals surface area contributed by atoms with Crippen LogP contribution in [0, 0.1) is 0 Å². The van der Waals surface area contributed by atoms with Crippen molar-refractivity contribution < 1.29 is 23.9 Å². The van der Waals surface area contributed by atoms with Crippen molar-refractivity contribution in [2.24, 2.45) is 0 Å². The summed E-state index contributed by atoms with van der Waals surface area (Å²) in [5.74, 6) is 0.223. The largest absolute Gasteiger partial charge is 0.493 e. The van der Waals surface area contributed by atoms with Gasteiger partial charge in [-0.2, -0.15) is 5.06 Å². The third-order valence-electron chi connectivity index (χ3n) is 3.58. The van der Waals surface area contributed by atoms with Crippen LogP contribution in [0.2, 0.25) is 0 Å². The third-order valence-corrected chi connectivity index (χ3v) is 3.58. The Labute approximate surface area is 121 Å². The maximum absolute atomic E-state index is 12.6. The molecule has 0 aliphatic carbocycles. The molecule has 0 saturated carbocycles. The standard InChI is InChI=1S/C14H14N2O5/c1-19-9-5-4-8-11(12(9)20-2)14(18)15-7-6-10(17)16(21-3)13(8)15/h4-7,13H,1-3H3/t13-/m0/s1. The molecule has 0 saturated heterocycles. The minimum atomic E-state index is -0.630. The lowest BCUT2D eigenvalue weighted by atomic mass is 10.1. The molecule has 110 valence electrons. The molecule has 3 rings (SSSR count). The molecule has 0 unspecified atom stereocenters. The Morgan fingerprint density at radius 3 is 2.48 bits per heavy atom. The molecule has 0 bridgehead atoms. The lowest BCUT2D eigenvalue weighted by Gasteiger charge is -2.33. The summed E-state index contributed by atoms with van der Waals surface area (Å²) >= 11 is 0. The summed E-state index contributed by atoms with van der Waals surface area (Å²) in [6.07, 6.45) is 2.11. The molecule has 1 aromatic rings. The fourth-order valence-electron chi connectivity index (χ4n) is 2.68. The number of amides is 2. The maximum atomic E-state index is 12.6. The van der Waals surface area contributed by atoms with Gasteiger partial charge in [-0.3, -0.25) is 19.3 Å². The first-order valence-electron chi connectivity index (χ1n) is 6.27. The van der Waals surface area contributed by atoms with Crippen LogP contribution < -0.4 is 9.47 Å². The number of rotatable bonds is 3. The van der Waals surface area contributed by atoms with Gasteiger partial charge in [-0.1, -0.05) is 6.07 Å². The molecule has 1 atom stereocenters. The molecule has 0 aromatic heterocycles. The predicted octanol–water partition coefficient (Wildman–Crippen LogP) is 1.08. The van der Waals surface area contributed by atoms with E-state index in [0.717, 1.165) is 5.06 Å². The van der Waals surface area contributed by atoms with Crippen LogP contribution in [0.1, 0.15) is 22.1 Å². The van der Waals surface area contributed by atoms with Gasteiger partial charge in [-0.25, -0.2) is 0 Å². The van der Waals surface area contributed by atoms with Gasteiger partial charge in [0, 0.05) is 17.8 Å². The number of methoxy groups -OCH3 is 2. The third kappa shape index (κ3) is 1.71. The molecule has 2 amide bonds. The van der Waals surface area contributed by atoms with E-state index in [4.69, 9.17) is 14.3 Å². The van der Waals surface area contributed by atoms with Crippen LogP contribution in [0.25, 0.3) is 0 Å². The van der Waals surface area contributed by atoms with Crippen molar-refractivity contribution in [3.8, 4) is 11.5 Å². The van der Waals surface area contributed by atoms with Crippen molar-refractivity contribution in [3.05, 3.63) is 35.5 Å². The van der Waals surface area contributed by atoms with Crippen LogP contribution in [0.3, 0.4) is 0 Å². The Morgan fingerprint density at radius 2 is 1.86 bits per heavy atom. The van der Waals surface area contributed by atoms with Crippen LogP contribution >= 0.6 is 0 Å². The van der Waals surface area contributed by atoms with E-state index in [9.17, 15) is 9.59 Å². The maximum Gasteiger partial charge on any atom is 0.273 e. The summed E-state index contributed by atoms with van der Waals surface area (Å²) in [6.45, 7) is 0. The van der Waals surface area contributed by atoms with Crippen molar-refractivity contribution in [1.29, 1.82) is 0 Å². The Morgan fingerprint density at radius 1 is 1.10 bits per heavy atom. The molecule has 21 heavy (non-hydrogen) atoms. The SMILES string of the molecule is COc1ccc2c(c1OC)C(=O)N1C=CC(=O)N(OC)[C@@H]21. The highest BCUT2D eigenvalue weighted by atomic mass is 16.7. The highest BCUT2D eigenvalue weighted by Crippen LogP contribution is 2.45. The van der Waals surface area contributed by atoms with E-state index in [-0.39, 0.29) is 11.8 Å². The van der Waals surface area contributed by atoms with Crippen molar-refractivity contribution >= 4 is 11.8 Å². The van der Waals surface area contributed by atoms with Gasteiger partial charge in [0.25, 0.3) is 11.8 Å². The Bertz CT molecular complexity index is 655. The van der Waals surface area contributed by atoms with E-state index >= 15 is 0 Å². The number of carbonyl (C=O) groups excluding carboxylic acids is 2. The minimum absolute atomic E-state index is 0.267. The number of hydroxylamine groups is 2. The number of carbonyl (C=O) groups is 2. The summed E-state index contributed by atoms with van der Waals surface area (Å²) in [7, 11) is 4.36. The molecule has 1 aromatic carbocycles. The first kappa shape index (κ1) is 13.4.